The van der Waals surface area contributed by atoms with Crippen LogP contribution in [0.1, 0.15) is 51.3 Å². The molecule has 0 bridgehead atoms. The van der Waals surface area contributed by atoms with Crippen molar-refractivity contribution in [3.05, 3.63) is 12.2 Å². The summed E-state index contributed by atoms with van der Waals surface area (Å²) in [4.78, 5) is 16.3. The van der Waals surface area contributed by atoms with E-state index in [1.165, 1.54) is 19.3 Å². The lowest BCUT2D eigenvalue weighted by Crippen LogP contribution is -2.21. The van der Waals surface area contributed by atoms with Crippen molar-refractivity contribution in [3.63, 3.8) is 0 Å². The van der Waals surface area contributed by atoms with Gasteiger partial charge in [0.15, 0.2) is 0 Å². The Labute approximate surface area is 102 Å². The smallest absolute Gasteiger partial charge is 0.143 e. The minimum Gasteiger partial charge on any atom is -0.299 e. The van der Waals surface area contributed by atoms with E-state index in [1.807, 2.05) is 4.68 Å². The first-order valence-electron chi connectivity index (χ1n) is 6.70. The van der Waals surface area contributed by atoms with Gasteiger partial charge in [-0.2, -0.15) is 5.10 Å². The molecule has 0 atom stereocenters. The molecule has 1 aliphatic rings. The van der Waals surface area contributed by atoms with Crippen LogP contribution in [0.3, 0.4) is 0 Å². The summed E-state index contributed by atoms with van der Waals surface area (Å²) in [5.41, 5.74) is 0. The SMILES string of the molecule is CCCn1ncnc1CC(=O)C1CCCCC1. The average Bonchev–Trinajstić information content (AvgIpc) is 2.78. The third kappa shape index (κ3) is 3.14. The molecule has 0 N–H and O–H groups in total. The van der Waals surface area contributed by atoms with Crippen LogP contribution >= 0.6 is 0 Å². The van der Waals surface area contributed by atoms with Gasteiger partial charge in [0.2, 0.25) is 0 Å². The monoisotopic (exact) mass is 235 g/mol. The van der Waals surface area contributed by atoms with Crippen molar-refractivity contribution in [3.8, 4) is 0 Å². The summed E-state index contributed by atoms with van der Waals surface area (Å²) in [6.07, 6.45) is 8.88. The molecule has 2 rings (SSSR count). The Kier molecular flexibility index (Phi) is 4.29. The lowest BCUT2D eigenvalue weighted by atomic mass is 9.85. The van der Waals surface area contributed by atoms with Crippen LogP contribution in [-0.2, 0) is 17.8 Å². The number of aromatic nitrogens is 3. The van der Waals surface area contributed by atoms with E-state index in [0.717, 1.165) is 31.6 Å². The number of hydrogen-bond acceptors (Lipinski definition) is 3. The zero-order chi connectivity index (χ0) is 12.1. The van der Waals surface area contributed by atoms with Gasteiger partial charge in [-0.3, -0.25) is 4.79 Å². The molecule has 0 amide bonds. The zero-order valence-electron chi connectivity index (χ0n) is 10.6. The first kappa shape index (κ1) is 12.3. The number of Topliss-reactive ketones (excluding diaryl/α,β-unsaturated/α-hetero) is 1. The van der Waals surface area contributed by atoms with E-state index in [2.05, 4.69) is 17.0 Å². The molecule has 0 spiro atoms. The Morgan fingerprint density at radius 2 is 2.18 bits per heavy atom. The topological polar surface area (TPSA) is 47.8 Å². The molecule has 1 aromatic heterocycles. The van der Waals surface area contributed by atoms with Crippen molar-refractivity contribution in [1.82, 2.24) is 14.8 Å². The van der Waals surface area contributed by atoms with E-state index in [0.29, 0.717) is 12.2 Å². The van der Waals surface area contributed by atoms with Crippen molar-refractivity contribution < 1.29 is 4.79 Å². The van der Waals surface area contributed by atoms with Crippen LogP contribution < -0.4 is 0 Å². The van der Waals surface area contributed by atoms with E-state index in [4.69, 9.17) is 0 Å². The van der Waals surface area contributed by atoms with Gasteiger partial charge in [0.1, 0.15) is 17.9 Å². The highest BCUT2D eigenvalue weighted by atomic mass is 16.1. The molecule has 4 heteroatoms. The Hall–Kier alpha value is -1.19. The van der Waals surface area contributed by atoms with Gasteiger partial charge < -0.3 is 0 Å². The number of carbonyl (C=O) groups is 1. The molecular formula is C13H21N3O. The highest BCUT2D eigenvalue weighted by Crippen LogP contribution is 2.25. The van der Waals surface area contributed by atoms with Crippen LogP contribution in [-0.4, -0.2) is 20.5 Å². The number of carbonyl (C=O) groups excluding carboxylic acids is 1. The molecule has 1 saturated carbocycles. The summed E-state index contributed by atoms with van der Waals surface area (Å²) in [6, 6.07) is 0. The van der Waals surface area contributed by atoms with Crippen LogP contribution in [0.15, 0.2) is 6.33 Å². The Bertz CT molecular complexity index is 366. The Balaban J connectivity index is 1.94. The van der Waals surface area contributed by atoms with Crippen LogP contribution in [0.4, 0.5) is 0 Å². The number of rotatable bonds is 5. The predicted octanol–water partition coefficient (Wildman–Crippen LogP) is 2.38. The molecule has 94 valence electrons. The predicted molar refractivity (Wildman–Crippen MR) is 65.6 cm³/mol. The second kappa shape index (κ2) is 5.94. The summed E-state index contributed by atoms with van der Waals surface area (Å²) in [5, 5.41) is 4.16. The lowest BCUT2D eigenvalue weighted by Gasteiger charge is -2.20. The molecule has 0 radical (unpaired) electrons. The summed E-state index contributed by atoms with van der Waals surface area (Å²) in [5.74, 6) is 1.47. The standard InChI is InChI=1S/C13H21N3O/c1-2-8-16-13(14-10-15-16)9-12(17)11-6-4-3-5-7-11/h10-11H,2-9H2,1H3. The van der Waals surface area contributed by atoms with Gasteiger partial charge in [-0.1, -0.05) is 26.2 Å². The van der Waals surface area contributed by atoms with Gasteiger partial charge in [-0.15, -0.1) is 0 Å². The molecule has 0 unspecified atom stereocenters. The van der Waals surface area contributed by atoms with Crippen molar-refractivity contribution in [2.24, 2.45) is 5.92 Å². The van der Waals surface area contributed by atoms with Crippen LogP contribution in [0.2, 0.25) is 0 Å². The lowest BCUT2D eigenvalue weighted by molar-refractivity contribution is -0.123. The molecule has 1 fully saturated rings. The number of nitrogens with zero attached hydrogens (tertiary/aromatic N) is 3. The molecule has 1 heterocycles. The zero-order valence-corrected chi connectivity index (χ0v) is 10.6. The second-order valence-electron chi connectivity index (χ2n) is 4.88. The van der Waals surface area contributed by atoms with E-state index in [1.54, 1.807) is 6.33 Å². The minimum atomic E-state index is 0.274. The fourth-order valence-corrected chi connectivity index (χ4v) is 2.55. The Morgan fingerprint density at radius 1 is 1.41 bits per heavy atom. The summed E-state index contributed by atoms with van der Waals surface area (Å²) in [7, 11) is 0. The number of aryl methyl sites for hydroxylation is 1. The van der Waals surface area contributed by atoms with E-state index in [-0.39, 0.29) is 5.92 Å². The molecule has 1 aromatic rings. The van der Waals surface area contributed by atoms with Crippen molar-refractivity contribution in [2.45, 2.75) is 58.4 Å². The summed E-state index contributed by atoms with van der Waals surface area (Å²) >= 11 is 0. The molecule has 0 aliphatic heterocycles. The van der Waals surface area contributed by atoms with Crippen LogP contribution in [0.25, 0.3) is 0 Å². The van der Waals surface area contributed by atoms with Gasteiger partial charge in [-0.25, -0.2) is 9.67 Å². The first-order valence-corrected chi connectivity index (χ1v) is 6.70. The summed E-state index contributed by atoms with van der Waals surface area (Å²) < 4.78 is 1.86. The molecule has 1 aliphatic carbocycles. The van der Waals surface area contributed by atoms with Crippen molar-refractivity contribution in [1.29, 1.82) is 0 Å². The van der Waals surface area contributed by atoms with E-state index in [9.17, 15) is 4.79 Å². The van der Waals surface area contributed by atoms with Crippen molar-refractivity contribution in [2.75, 3.05) is 0 Å². The maximum Gasteiger partial charge on any atom is 0.143 e. The maximum absolute atomic E-state index is 12.1. The normalized spacial score (nSPS) is 17.2. The van der Waals surface area contributed by atoms with E-state index >= 15 is 0 Å². The minimum absolute atomic E-state index is 0.274. The number of ketones is 1. The number of hydrogen-bond donors (Lipinski definition) is 0. The molecular weight excluding hydrogens is 214 g/mol. The molecule has 0 saturated heterocycles. The fourth-order valence-electron chi connectivity index (χ4n) is 2.55. The first-order chi connectivity index (χ1) is 8.31. The van der Waals surface area contributed by atoms with Gasteiger partial charge in [-0.05, 0) is 19.3 Å². The largest absolute Gasteiger partial charge is 0.299 e. The van der Waals surface area contributed by atoms with Gasteiger partial charge in [0, 0.05) is 12.5 Å². The maximum atomic E-state index is 12.1. The van der Waals surface area contributed by atoms with Crippen LogP contribution in [0.5, 0.6) is 0 Å². The van der Waals surface area contributed by atoms with E-state index < -0.39 is 0 Å². The highest BCUT2D eigenvalue weighted by Gasteiger charge is 2.22. The van der Waals surface area contributed by atoms with Gasteiger partial charge >= 0.3 is 0 Å². The molecule has 17 heavy (non-hydrogen) atoms. The van der Waals surface area contributed by atoms with Gasteiger partial charge in [0.25, 0.3) is 0 Å². The fraction of sp³-hybridized carbons (Fsp3) is 0.769. The Morgan fingerprint density at radius 3 is 2.88 bits per heavy atom. The quantitative estimate of drug-likeness (QED) is 0.787. The molecule has 0 aromatic carbocycles. The third-order valence-electron chi connectivity index (χ3n) is 3.52. The molecule has 4 nitrogen and oxygen atoms in total. The van der Waals surface area contributed by atoms with Gasteiger partial charge in [0.05, 0.1) is 6.42 Å². The average molecular weight is 235 g/mol. The van der Waals surface area contributed by atoms with Crippen molar-refractivity contribution >= 4 is 5.78 Å². The second-order valence-corrected chi connectivity index (χ2v) is 4.88. The third-order valence-corrected chi connectivity index (χ3v) is 3.52. The van der Waals surface area contributed by atoms with Crippen LogP contribution in [0, 0.1) is 5.92 Å². The highest BCUT2D eigenvalue weighted by molar-refractivity contribution is 5.82. The summed E-state index contributed by atoms with van der Waals surface area (Å²) in [6.45, 7) is 2.96.